The monoisotopic (exact) mass is 349 g/mol. The van der Waals surface area contributed by atoms with Gasteiger partial charge in [0.2, 0.25) is 0 Å². The van der Waals surface area contributed by atoms with Crippen molar-refractivity contribution in [3.05, 3.63) is 47.5 Å². The first kappa shape index (κ1) is 17.5. The minimum Gasteiger partial charge on any atom is -0.350 e. The van der Waals surface area contributed by atoms with Gasteiger partial charge in [0.15, 0.2) is 11.5 Å². The number of likely N-dealkylation sites (tertiary alicyclic amines) is 1. The highest BCUT2D eigenvalue weighted by Gasteiger charge is 2.32. The molecule has 2 aromatic rings. The van der Waals surface area contributed by atoms with Crippen molar-refractivity contribution in [3.8, 4) is 0 Å². The number of piperidine rings is 1. The summed E-state index contributed by atoms with van der Waals surface area (Å²) in [5.41, 5.74) is 0.690. The van der Waals surface area contributed by atoms with Gasteiger partial charge in [0.25, 0.3) is 5.91 Å². The number of hydrogen-bond acceptors (Lipinski definition) is 4. The molecule has 3 rings (SSSR count). The van der Waals surface area contributed by atoms with Crippen LogP contribution in [0.3, 0.4) is 0 Å². The SMILES string of the molecule is CN1CCC[C@@H](CNC(=O)c2ncc(F)cc2F)[C@@H]1c1ccnn1C. The summed E-state index contributed by atoms with van der Waals surface area (Å²) in [7, 11) is 3.94. The molecule has 6 nitrogen and oxygen atoms in total. The number of carbonyl (C=O) groups is 1. The lowest BCUT2D eigenvalue weighted by atomic mass is 9.87. The first-order valence-corrected chi connectivity index (χ1v) is 8.24. The quantitative estimate of drug-likeness (QED) is 0.916. The second kappa shape index (κ2) is 7.26. The lowest BCUT2D eigenvalue weighted by molar-refractivity contribution is 0.0872. The van der Waals surface area contributed by atoms with Crippen molar-refractivity contribution < 1.29 is 13.6 Å². The summed E-state index contributed by atoms with van der Waals surface area (Å²) in [4.78, 5) is 18.0. The van der Waals surface area contributed by atoms with Crippen LogP contribution >= 0.6 is 0 Å². The van der Waals surface area contributed by atoms with Crippen LogP contribution in [0.1, 0.15) is 35.1 Å². The summed E-state index contributed by atoms with van der Waals surface area (Å²) in [6.45, 7) is 1.35. The van der Waals surface area contributed by atoms with Crippen LogP contribution in [0.4, 0.5) is 8.78 Å². The molecule has 0 aromatic carbocycles. The number of pyridine rings is 1. The molecule has 134 valence electrons. The van der Waals surface area contributed by atoms with E-state index >= 15 is 0 Å². The minimum absolute atomic E-state index is 0.118. The Morgan fingerprint density at radius 2 is 2.20 bits per heavy atom. The van der Waals surface area contributed by atoms with Crippen LogP contribution in [0, 0.1) is 17.6 Å². The molecule has 1 aliphatic heterocycles. The standard InChI is InChI=1S/C17H21F2N5O/c1-23-7-3-4-11(16(23)14-5-6-22-24(14)2)9-21-17(25)15-13(19)8-12(18)10-20-15/h5-6,8,10-11,16H,3-4,7,9H2,1-2H3,(H,21,25)/t11-,16+/m0/s1. The molecule has 25 heavy (non-hydrogen) atoms. The minimum atomic E-state index is -0.957. The maximum absolute atomic E-state index is 13.7. The van der Waals surface area contributed by atoms with Crippen molar-refractivity contribution in [2.24, 2.45) is 13.0 Å². The molecule has 1 N–H and O–H groups in total. The maximum atomic E-state index is 13.7. The van der Waals surface area contributed by atoms with E-state index in [4.69, 9.17) is 0 Å². The second-order valence-electron chi connectivity index (χ2n) is 6.40. The molecule has 1 fully saturated rings. The predicted molar refractivity (Wildman–Crippen MR) is 87.8 cm³/mol. The number of rotatable bonds is 4. The van der Waals surface area contributed by atoms with E-state index in [-0.39, 0.29) is 17.7 Å². The molecule has 0 spiro atoms. The summed E-state index contributed by atoms with van der Waals surface area (Å²) < 4.78 is 28.5. The Labute approximate surface area is 144 Å². The van der Waals surface area contributed by atoms with Crippen LogP contribution in [-0.4, -0.2) is 45.7 Å². The van der Waals surface area contributed by atoms with Crippen LogP contribution in [-0.2, 0) is 7.05 Å². The lowest BCUT2D eigenvalue weighted by Gasteiger charge is -2.39. The smallest absolute Gasteiger partial charge is 0.272 e. The zero-order chi connectivity index (χ0) is 18.0. The zero-order valence-corrected chi connectivity index (χ0v) is 14.2. The third-order valence-corrected chi connectivity index (χ3v) is 4.72. The molecule has 1 aliphatic rings. The van der Waals surface area contributed by atoms with E-state index in [2.05, 4.69) is 20.3 Å². The average Bonchev–Trinajstić information content (AvgIpc) is 2.98. The second-order valence-corrected chi connectivity index (χ2v) is 6.40. The summed E-state index contributed by atoms with van der Waals surface area (Å²) in [5, 5.41) is 6.97. The van der Waals surface area contributed by atoms with Gasteiger partial charge in [-0.05, 0) is 38.4 Å². The number of aromatic nitrogens is 3. The molecular formula is C17H21F2N5O. The van der Waals surface area contributed by atoms with Crippen LogP contribution in [0.25, 0.3) is 0 Å². The number of nitrogens with zero attached hydrogens (tertiary/aromatic N) is 4. The highest BCUT2D eigenvalue weighted by atomic mass is 19.1. The molecule has 2 atom stereocenters. The summed E-state index contributed by atoms with van der Waals surface area (Å²) in [6, 6.07) is 2.75. The van der Waals surface area contributed by atoms with Crippen molar-refractivity contribution in [2.75, 3.05) is 20.1 Å². The molecule has 0 bridgehead atoms. The Bertz CT molecular complexity index is 763. The topological polar surface area (TPSA) is 63.1 Å². The van der Waals surface area contributed by atoms with Gasteiger partial charge < -0.3 is 5.32 Å². The van der Waals surface area contributed by atoms with E-state index in [1.807, 2.05) is 24.8 Å². The van der Waals surface area contributed by atoms with Gasteiger partial charge >= 0.3 is 0 Å². The van der Waals surface area contributed by atoms with Crippen molar-refractivity contribution >= 4 is 5.91 Å². The largest absolute Gasteiger partial charge is 0.350 e. The fourth-order valence-electron chi connectivity index (χ4n) is 3.50. The lowest BCUT2D eigenvalue weighted by Crippen LogP contribution is -2.42. The number of halogens is 2. The molecule has 0 saturated carbocycles. The van der Waals surface area contributed by atoms with Crippen LogP contribution in [0.15, 0.2) is 24.5 Å². The zero-order valence-electron chi connectivity index (χ0n) is 14.2. The van der Waals surface area contributed by atoms with Crippen molar-refractivity contribution in [1.29, 1.82) is 0 Å². The normalized spacial score (nSPS) is 21.3. The van der Waals surface area contributed by atoms with Crippen molar-refractivity contribution in [2.45, 2.75) is 18.9 Å². The first-order valence-electron chi connectivity index (χ1n) is 8.24. The van der Waals surface area contributed by atoms with E-state index < -0.39 is 17.5 Å². The molecule has 3 heterocycles. The molecule has 0 radical (unpaired) electrons. The summed E-state index contributed by atoms with van der Waals surface area (Å²) in [5.74, 6) is -2.23. The fraction of sp³-hybridized carbons (Fsp3) is 0.471. The Kier molecular flexibility index (Phi) is 5.08. The number of aryl methyl sites for hydroxylation is 1. The Balaban J connectivity index is 1.72. The van der Waals surface area contributed by atoms with Gasteiger partial charge in [-0.3, -0.25) is 14.4 Å². The van der Waals surface area contributed by atoms with E-state index in [9.17, 15) is 13.6 Å². The van der Waals surface area contributed by atoms with Crippen LogP contribution in [0.5, 0.6) is 0 Å². The number of amides is 1. The van der Waals surface area contributed by atoms with Crippen molar-refractivity contribution in [1.82, 2.24) is 25.0 Å². The average molecular weight is 349 g/mol. The van der Waals surface area contributed by atoms with E-state index in [0.717, 1.165) is 31.3 Å². The third kappa shape index (κ3) is 3.68. The van der Waals surface area contributed by atoms with E-state index in [1.165, 1.54) is 0 Å². The molecule has 1 amide bonds. The number of hydrogen-bond donors (Lipinski definition) is 1. The number of nitrogens with one attached hydrogen (secondary N) is 1. The van der Waals surface area contributed by atoms with Gasteiger partial charge in [0.1, 0.15) is 5.82 Å². The van der Waals surface area contributed by atoms with Gasteiger partial charge in [0.05, 0.1) is 17.9 Å². The van der Waals surface area contributed by atoms with Crippen LogP contribution < -0.4 is 5.32 Å². The van der Waals surface area contributed by atoms with Gasteiger partial charge in [-0.2, -0.15) is 5.10 Å². The molecule has 0 unspecified atom stereocenters. The highest BCUT2D eigenvalue weighted by molar-refractivity contribution is 5.92. The van der Waals surface area contributed by atoms with Gasteiger partial charge in [0, 0.05) is 25.9 Å². The predicted octanol–water partition coefficient (Wildman–Crippen LogP) is 1.91. The maximum Gasteiger partial charge on any atom is 0.272 e. The van der Waals surface area contributed by atoms with Gasteiger partial charge in [-0.15, -0.1) is 0 Å². The molecule has 8 heteroatoms. The Morgan fingerprint density at radius 1 is 1.40 bits per heavy atom. The number of carbonyl (C=O) groups excluding carboxylic acids is 1. The molecule has 0 aliphatic carbocycles. The van der Waals surface area contributed by atoms with Crippen LogP contribution in [0.2, 0.25) is 0 Å². The summed E-state index contributed by atoms with van der Waals surface area (Å²) >= 11 is 0. The fourth-order valence-corrected chi connectivity index (χ4v) is 3.50. The molecule has 2 aromatic heterocycles. The Morgan fingerprint density at radius 3 is 2.88 bits per heavy atom. The molecular weight excluding hydrogens is 328 g/mol. The van der Waals surface area contributed by atoms with Gasteiger partial charge in [-0.1, -0.05) is 0 Å². The first-order chi connectivity index (χ1) is 12.0. The third-order valence-electron chi connectivity index (χ3n) is 4.72. The van der Waals surface area contributed by atoms with Gasteiger partial charge in [-0.25, -0.2) is 13.8 Å². The van der Waals surface area contributed by atoms with E-state index in [0.29, 0.717) is 12.6 Å². The molecule has 1 saturated heterocycles. The van der Waals surface area contributed by atoms with E-state index in [1.54, 1.807) is 6.20 Å². The Hall–Kier alpha value is -2.35. The highest BCUT2D eigenvalue weighted by Crippen LogP contribution is 2.34. The summed E-state index contributed by atoms with van der Waals surface area (Å²) in [6.07, 6.45) is 4.56. The van der Waals surface area contributed by atoms with Crippen molar-refractivity contribution in [3.63, 3.8) is 0 Å².